The highest BCUT2D eigenvalue weighted by Gasteiger charge is 2.39. The Labute approximate surface area is 464 Å². The lowest BCUT2D eigenvalue weighted by Crippen LogP contribution is -2.48. The third kappa shape index (κ3) is 23.1. The van der Waals surface area contributed by atoms with Crippen molar-refractivity contribution in [1.82, 2.24) is 15.5 Å². The monoisotopic (exact) mass is 1120 g/mol. The van der Waals surface area contributed by atoms with Crippen LogP contribution in [0, 0.1) is 0 Å². The van der Waals surface area contributed by atoms with E-state index in [0.717, 1.165) is 4.90 Å². The first-order valence-corrected chi connectivity index (χ1v) is 29.9. The summed E-state index contributed by atoms with van der Waals surface area (Å²) >= 11 is 0. The number of carbonyl (C=O) groups excluding carboxylic acids is 7. The minimum atomic E-state index is -1.65. The molecule has 0 radical (unpaired) electrons. The van der Waals surface area contributed by atoms with Crippen molar-refractivity contribution in [3.63, 3.8) is 0 Å². The van der Waals surface area contributed by atoms with Gasteiger partial charge < -0.3 is 52.6 Å². The zero-order valence-corrected chi connectivity index (χ0v) is 49.4. The van der Waals surface area contributed by atoms with Gasteiger partial charge in [0.05, 0.1) is 61.8 Å². The Morgan fingerprint density at radius 1 is 0.759 bits per heavy atom. The molecule has 3 aromatic carbocycles. The molecule has 0 spiro atoms. The number of aliphatic hydroxyl groups excluding tert-OH is 1. The number of hydrogen-bond acceptors (Lipinski definition) is 18. The Hall–Kier alpha value is -7.04. The summed E-state index contributed by atoms with van der Waals surface area (Å²) in [5, 5.41) is 14.1. The molecule has 21 nitrogen and oxygen atoms in total. The number of aliphatic hydroxyl groups is 1. The number of aliphatic imine (C=N–C) groups is 1. The van der Waals surface area contributed by atoms with Gasteiger partial charge in [0.15, 0.2) is 11.5 Å². The van der Waals surface area contributed by atoms with Gasteiger partial charge in [-0.3, -0.25) is 20.2 Å². The number of hydrogen-bond donors (Lipinski definition) is 3. The van der Waals surface area contributed by atoms with Gasteiger partial charge in [-0.2, -0.15) is 0 Å². The van der Waals surface area contributed by atoms with E-state index in [9.17, 15) is 33.9 Å². The van der Waals surface area contributed by atoms with Crippen LogP contribution in [0.25, 0.3) is 0 Å². The number of nitrogens with one attached hydrogen (secondary N) is 2. The minimum Gasteiger partial charge on any atom is -0.491 e. The molecule has 0 fully saturated rings. The van der Waals surface area contributed by atoms with Crippen LogP contribution in [-0.2, 0) is 51.0 Å². The summed E-state index contributed by atoms with van der Waals surface area (Å²) < 4.78 is 51.8. The van der Waals surface area contributed by atoms with Crippen molar-refractivity contribution < 1.29 is 81.3 Å². The molecule has 1 aliphatic heterocycles. The van der Waals surface area contributed by atoms with E-state index in [0.29, 0.717) is 11.6 Å². The van der Waals surface area contributed by atoms with Crippen molar-refractivity contribution >= 4 is 61.7 Å². The number of ether oxygens (including phenoxy) is 9. The zero-order chi connectivity index (χ0) is 59.1. The first-order chi connectivity index (χ1) is 36.6. The van der Waals surface area contributed by atoms with Crippen LogP contribution in [0.15, 0.2) is 59.6 Å². The molecule has 3 amide bonds. The first kappa shape index (κ1) is 64.5. The maximum atomic E-state index is 15.5. The number of carbonyl (C=O) groups is 7. The average molecular weight is 1120 g/mol. The summed E-state index contributed by atoms with van der Waals surface area (Å²) in [6.45, 7) is 26.0. The van der Waals surface area contributed by atoms with Crippen molar-refractivity contribution in [3.05, 3.63) is 82.4 Å². The van der Waals surface area contributed by atoms with Crippen LogP contribution in [0.4, 0.5) is 15.3 Å². The summed E-state index contributed by atoms with van der Waals surface area (Å²) in [5.41, 5.74) is -2.81. The maximum absolute atomic E-state index is 15.5. The molecule has 1 heterocycles. The van der Waals surface area contributed by atoms with Gasteiger partial charge in [0.25, 0.3) is 5.91 Å². The van der Waals surface area contributed by atoms with Crippen molar-refractivity contribution in [2.75, 3.05) is 39.6 Å². The van der Waals surface area contributed by atoms with Gasteiger partial charge in [-0.25, -0.2) is 29.0 Å². The summed E-state index contributed by atoms with van der Waals surface area (Å²) in [5.74, 6) is -4.54. The number of benzene rings is 3. The van der Waals surface area contributed by atoms with Crippen LogP contribution in [0.1, 0.15) is 138 Å². The SMILES string of the molecule is CC(C)(C)OC(=O)CC(C(=O)OC(C)(C)C)N(Cc1cc(OCCOCCO)cc(C(=O)OCC[Si](C)(C)C)c1)C(=O)c1cccc2c1OCCCc1cc(N=C(NC(=O)OC(C)(C)C)NC(=O)OC(C)(C)C)ccc1C(=O)O2. The molecular formula is C57H80N4O17Si. The predicted octanol–water partition coefficient (Wildman–Crippen LogP) is 9.23. The number of rotatable bonds is 18. The normalized spacial score (nSPS) is 13.3. The van der Waals surface area contributed by atoms with E-state index in [1.807, 2.05) is 0 Å². The third-order valence-corrected chi connectivity index (χ3v) is 12.2. The molecule has 0 aliphatic carbocycles. The summed E-state index contributed by atoms with van der Waals surface area (Å²) in [7, 11) is -1.61. The van der Waals surface area contributed by atoms with E-state index in [2.05, 4.69) is 35.3 Å². The van der Waals surface area contributed by atoms with E-state index in [4.69, 9.17) is 42.6 Å². The molecule has 0 saturated heterocycles. The fraction of sp³-hybridized carbons (Fsp3) is 0.544. The molecule has 4 rings (SSSR count). The summed E-state index contributed by atoms with van der Waals surface area (Å²) in [6, 6.07) is 12.4. The quantitative estimate of drug-likeness (QED) is 0.0204. The Bertz CT molecular complexity index is 2660. The second kappa shape index (κ2) is 27.7. The van der Waals surface area contributed by atoms with E-state index in [-0.39, 0.29) is 104 Å². The topological polar surface area (TPSA) is 262 Å². The molecule has 0 bridgehead atoms. The molecular weight excluding hydrogens is 1040 g/mol. The molecule has 3 N–H and O–H groups in total. The minimum absolute atomic E-state index is 0.0166. The van der Waals surface area contributed by atoms with Gasteiger partial charge in [-0.05, 0) is 162 Å². The van der Waals surface area contributed by atoms with E-state index >= 15 is 4.79 Å². The van der Waals surface area contributed by atoms with Crippen molar-refractivity contribution in [1.29, 1.82) is 0 Å². The summed E-state index contributed by atoms with van der Waals surface area (Å²) in [6.07, 6.45) is -1.98. The second-order valence-electron chi connectivity index (χ2n) is 23.8. The van der Waals surface area contributed by atoms with Crippen molar-refractivity contribution in [3.8, 4) is 17.2 Å². The standard InChI is InChI=1S/C57H80N4O17Si/c1-54(2,3)75-45(63)34-43(50(67)76-55(4,5)6)61(35-36-30-38(48(65)73-28-29-79(13,14)15)33-40(31-36)71-27-26-70-25-23-62)47(64)42-19-16-20-44-46(42)72-24-17-18-37-32-39(21-22-41(37)49(66)74-44)58-51(59-52(68)77-56(7,8)9)60-53(69)78-57(10,11)12/h16,19-22,30-33,43,62H,17-18,23-29,34-35H2,1-15H3,(H2,58,59,60,68,69). The molecule has 3 aromatic rings. The highest BCUT2D eigenvalue weighted by atomic mass is 28.3. The highest BCUT2D eigenvalue weighted by molar-refractivity contribution is 6.76. The average Bonchev–Trinajstić information content (AvgIpc) is 3.29. The molecule has 0 saturated carbocycles. The Kier molecular flexibility index (Phi) is 22.6. The number of nitrogens with zero attached hydrogens (tertiary/aromatic N) is 2. The number of esters is 4. The van der Waals surface area contributed by atoms with Crippen molar-refractivity contribution in [2.24, 2.45) is 4.99 Å². The van der Waals surface area contributed by atoms with E-state index in [1.54, 1.807) is 95.2 Å². The fourth-order valence-electron chi connectivity index (χ4n) is 7.36. The molecule has 434 valence electrons. The molecule has 0 aromatic heterocycles. The van der Waals surface area contributed by atoms with Crippen LogP contribution in [0.3, 0.4) is 0 Å². The smallest absolute Gasteiger partial charge is 0.414 e. The largest absolute Gasteiger partial charge is 0.491 e. The van der Waals surface area contributed by atoms with Crippen LogP contribution < -0.4 is 24.8 Å². The summed E-state index contributed by atoms with van der Waals surface area (Å²) in [4.78, 5) is 103. The van der Waals surface area contributed by atoms with E-state index in [1.165, 1.54) is 42.5 Å². The fourth-order valence-corrected chi connectivity index (χ4v) is 8.07. The van der Waals surface area contributed by atoms with Crippen molar-refractivity contribution in [2.45, 2.75) is 163 Å². The maximum Gasteiger partial charge on any atom is 0.414 e. The molecule has 79 heavy (non-hydrogen) atoms. The Morgan fingerprint density at radius 3 is 1.99 bits per heavy atom. The van der Waals surface area contributed by atoms with Gasteiger partial charge in [-0.1, -0.05) is 25.7 Å². The number of para-hydroxylation sites is 1. The Morgan fingerprint density at radius 2 is 1.39 bits per heavy atom. The molecule has 1 atom stereocenters. The number of fused-ring (bicyclic) bond motifs is 2. The lowest BCUT2D eigenvalue weighted by Gasteiger charge is -2.33. The van der Waals surface area contributed by atoms with E-state index < -0.39 is 91.5 Å². The number of alkyl carbamates (subject to hydrolysis) is 2. The van der Waals surface area contributed by atoms with Gasteiger partial charge >= 0.3 is 36.1 Å². The third-order valence-electron chi connectivity index (χ3n) is 10.5. The number of aryl methyl sites for hydroxylation is 1. The molecule has 1 aliphatic rings. The lowest BCUT2D eigenvalue weighted by molar-refractivity contribution is -0.167. The Balaban J connectivity index is 1.85. The first-order valence-electron chi connectivity index (χ1n) is 26.2. The predicted molar refractivity (Wildman–Crippen MR) is 296 cm³/mol. The van der Waals surface area contributed by atoms with Gasteiger partial charge in [0, 0.05) is 14.6 Å². The van der Waals surface area contributed by atoms with Gasteiger partial charge in [0.2, 0.25) is 5.96 Å². The van der Waals surface area contributed by atoms with Crippen LogP contribution in [0.2, 0.25) is 25.7 Å². The molecule has 1 unspecified atom stereocenters. The van der Waals surface area contributed by atoms with Crippen LogP contribution in [0.5, 0.6) is 17.2 Å². The number of amides is 3. The second-order valence-corrected chi connectivity index (χ2v) is 29.4. The van der Waals surface area contributed by atoms with Gasteiger partial charge in [0.1, 0.15) is 40.8 Å². The van der Waals surface area contributed by atoms with Gasteiger partial charge in [-0.15, -0.1) is 0 Å². The van der Waals surface area contributed by atoms with Crippen LogP contribution in [-0.4, -0.2) is 134 Å². The van der Waals surface area contributed by atoms with Crippen LogP contribution >= 0.6 is 0 Å². The lowest BCUT2D eigenvalue weighted by atomic mass is 10.0. The zero-order valence-electron chi connectivity index (χ0n) is 48.4. The molecule has 22 heteroatoms. The number of guanidine groups is 1. The highest BCUT2D eigenvalue weighted by Crippen LogP contribution is 2.36.